The Hall–Kier alpha value is -0.440. The zero-order valence-electron chi connectivity index (χ0n) is 5.42. The second kappa shape index (κ2) is 2.66. The topological polar surface area (TPSA) is 0 Å². The lowest BCUT2D eigenvalue weighted by Crippen LogP contribution is -1.85. The van der Waals surface area contributed by atoms with Crippen LogP contribution in [0, 0.1) is 0 Å². The van der Waals surface area contributed by atoms with E-state index in [1.54, 1.807) is 0 Å². The zero-order chi connectivity index (χ0) is 6.81. The predicted molar refractivity (Wildman–Crippen MR) is 54.7 cm³/mol. The highest BCUT2D eigenvalue weighted by molar-refractivity contribution is 14.2. The van der Waals surface area contributed by atoms with Gasteiger partial charge in [-0.15, -0.1) is 0 Å². The number of hydrogen-bond acceptors (Lipinski definition) is 0. The van der Waals surface area contributed by atoms with Crippen molar-refractivity contribution in [3.8, 4) is 0 Å². The fraction of sp³-hybridized carbons (Fsp3) is 0. The molecule has 1 heteroatoms. The van der Waals surface area contributed by atoms with E-state index in [9.17, 15) is 0 Å². The zero-order valence-corrected chi connectivity index (χ0v) is 7.58. The summed E-state index contributed by atoms with van der Waals surface area (Å²) in [6.07, 6.45) is 2.22. The molecule has 0 unspecified atom stereocenters. The van der Waals surface area contributed by atoms with E-state index in [0.29, 0.717) is 0 Å². The SMILES string of the molecule is C1=Cc2ccccc2C=I1. The first-order chi connectivity index (χ1) is 4.97. The molecule has 0 aliphatic carbocycles. The van der Waals surface area contributed by atoms with Crippen LogP contribution in [-0.2, 0) is 0 Å². The quantitative estimate of drug-likeness (QED) is 0.613. The maximum atomic E-state index is 2.36. The average Bonchev–Trinajstić information content (AvgIpc) is 2.05. The van der Waals surface area contributed by atoms with E-state index >= 15 is 0 Å². The maximum absolute atomic E-state index is 2.36. The Kier molecular flexibility index (Phi) is 1.67. The van der Waals surface area contributed by atoms with Gasteiger partial charge in [0.1, 0.15) is 0 Å². The fourth-order valence-corrected chi connectivity index (χ4v) is 2.73. The van der Waals surface area contributed by atoms with Crippen molar-refractivity contribution in [2.45, 2.75) is 0 Å². The van der Waals surface area contributed by atoms with Crippen molar-refractivity contribution in [1.82, 2.24) is 0 Å². The summed E-state index contributed by atoms with van der Waals surface area (Å²) in [5.41, 5.74) is 2.78. The molecule has 1 heterocycles. The summed E-state index contributed by atoms with van der Waals surface area (Å²) >= 11 is 0.220. The molecular weight excluding hydrogens is 235 g/mol. The van der Waals surface area contributed by atoms with Gasteiger partial charge in [0.2, 0.25) is 0 Å². The summed E-state index contributed by atoms with van der Waals surface area (Å²) in [6, 6.07) is 8.52. The lowest BCUT2D eigenvalue weighted by Gasteiger charge is -2.01. The van der Waals surface area contributed by atoms with Crippen LogP contribution in [-0.4, -0.2) is 4.01 Å². The van der Waals surface area contributed by atoms with E-state index in [4.69, 9.17) is 0 Å². The molecule has 1 aromatic carbocycles. The maximum Gasteiger partial charge on any atom is -0.0127 e. The van der Waals surface area contributed by atoms with Gasteiger partial charge in [-0.25, -0.2) is 0 Å². The first-order valence-electron chi connectivity index (χ1n) is 3.17. The standard InChI is InChI=1S/C9H7I/c1-2-4-9-7-10-6-5-8(9)3-1/h1-7H. The van der Waals surface area contributed by atoms with Gasteiger partial charge < -0.3 is 0 Å². The number of hydrogen-bond donors (Lipinski definition) is 0. The molecular formula is C9H7I. The van der Waals surface area contributed by atoms with Gasteiger partial charge in [-0.05, 0) is 25.3 Å². The van der Waals surface area contributed by atoms with Gasteiger partial charge in [0.25, 0.3) is 0 Å². The van der Waals surface area contributed by atoms with E-state index in [0.717, 1.165) is 0 Å². The summed E-state index contributed by atoms with van der Waals surface area (Å²) in [5.74, 6) is 0. The number of halogens is 1. The Morgan fingerprint density at radius 2 is 1.80 bits per heavy atom. The fourth-order valence-electron chi connectivity index (χ4n) is 0.971. The summed E-state index contributed by atoms with van der Waals surface area (Å²) in [7, 11) is 0. The molecule has 1 aromatic rings. The Morgan fingerprint density at radius 3 is 2.60 bits per heavy atom. The van der Waals surface area contributed by atoms with Crippen molar-refractivity contribution >= 4 is 30.8 Å². The largest absolute Gasteiger partial charge is 0.0931 e. The molecule has 0 atom stereocenters. The highest BCUT2D eigenvalue weighted by atomic mass is 127. The first kappa shape index (κ1) is 6.28. The molecule has 0 nitrogen and oxygen atoms in total. The van der Waals surface area contributed by atoms with Crippen LogP contribution in [0.15, 0.2) is 28.3 Å². The molecule has 0 radical (unpaired) electrons. The molecule has 0 bridgehead atoms. The second-order valence-electron chi connectivity index (χ2n) is 2.16. The third kappa shape index (κ3) is 1.06. The van der Waals surface area contributed by atoms with Crippen molar-refractivity contribution in [1.29, 1.82) is 0 Å². The summed E-state index contributed by atoms with van der Waals surface area (Å²) in [5, 5.41) is 0. The molecule has 0 amide bonds. The molecule has 50 valence electrons. The number of benzene rings is 1. The van der Waals surface area contributed by atoms with Crippen molar-refractivity contribution in [2.24, 2.45) is 0 Å². The lowest BCUT2D eigenvalue weighted by molar-refractivity contribution is 1.64. The van der Waals surface area contributed by atoms with Crippen LogP contribution in [0.5, 0.6) is 0 Å². The van der Waals surface area contributed by atoms with Crippen LogP contribution in [0.4, 0.5) is 0 Å². The van der Waals surface area contributed by atoms with Crippen LogP contribution in [0.2, 0.25) is 0 Å². The molecule has 0 saturated heterocycles. The number of fused-ring (bicyclic) bond motifs is 1. The van der Waals surface area contributed by atoms with E-state index in [1.165, 1.54) is 11.1 Å². The highest BCUT2D eigenvalue weighted by Gasteiger charge is 1.95. The van der Waals surface area contributed by atoms with E-state index in [1.807, 2.05) is 0 Å². The highest BCUT2D eigenvalue weighted by Crippen LogP contribution is 2.17. The molecule has 0 spiro atoms. The Labute approximate surface area is 70.3 Å². The van der Waals surface area contributed by atoms with Crippen molar-refractivity contribution in [3.05, 3.63) is 39.5 Å². The van der Waals surface area contributed by atoms with Gasteiger partial charge in [-0.2, -0.15) is 0 Å². The number of rotatable bonds is 0. The Morgan fingerprint density at radius 1 is 1.00 bits per heavy atom. The van der Waals surface area contributed by atoms with Crippen LogP contribution >= 0.6 is 20.7 Å². The van der Waals surface area contributed by atoms with Crippen LogP contribution in [0.1, 0.15) is 11.1 Å². The summed E-state index contributed by atoms with van der Waals surface area (Å²) < 4.78 is 4.65. The van der Waals surface area contributed by atoms with E-state index < -0.39 is 0 Å². The van der Waals surface area contributed by atoms with Crippen molar-refractivity contribution in [3.63, 3.8) is 0 Å². The minimum atomic E-state index is 0.220. The van der Waals surface area contributed by atoms with Gasteiger partial charge in [0.05, 0.1) is 0 Å². The van der Waals surface area contributed by atoms with Crippen LogP contribution < -0.4 is 0 Å². The van der Waals surface area contributed by atoms with Crippen molar-refractivity contribution < 1.29 is 0 Å². The van der Waals surface area contributed by atoms with Crippen LogP contribution in [0.3, 0.4) is 0 Å². The van der Waals surface area contributed by atoms with Gasteiger partial charge >= 0.3 is 0 Å². The molecule has 2 rings (SSSR count). The summed E-state index contributed by atoms with van der Waals surface area (Å²) in [6.45, 7) is 0. The van der Waals surface area contributed by atoms with Crippen molar-refractivity contribution in [2.75, 3.05) is 0 Å². The van der Waals surface area contributed by atoms with Gasteiger partial charge in [-0.3, -0.25) is 0 Å². The third-order valence-corrected chi connectivity index (χ3v) is 3.30. The molecule has 0 fully saturated rings. The van der Waals surface area contributed by atoms with Gasteiger partial charge in [-0.1, -0.05) is 45.0 Å². The minimum Gasteiger partial charge on any atom is -0.0931 e. The van der Waals surface area contributed by atoms with Crippen LogP contribution in [0.25, 0.3) is 6.08 Å². The van der Waals surface area contributed by atoms with Gasteiger partial charge in [0, 0.05) is 0 Å². The normalized spacial score (nSPS) is 14.0. The average molecular weight is 242 g/mol. The second-order valence-corrected chi connectivity index (χ2v) is 4.22. The molecule has 0 aromatic heterocycles. The lowest BCUT2D eigenvalue weighted by atomic mass is 10.1. The van der Waals surface area contributed by atoms with Gasteiger partial charge in [0.15, 0.2) is 0 Å². The summed E-state index contributed by atoms with van der Waals surface area (Å²) in [4.78, 5) is 0. The molecule has 1 aliphatic rings. The molecule has 0 saturated carbocycles. The Bertz CT molecular complexity index is 266. The Balaban J connectivity index is 2.65. The van der Waals surface area contributed by atoms with E-state index in [2.05, 4.69) is 38.4 Å². The first-order valence-corrected chi connectivity index (χ1v) is 5.67. The molecule has 10 heavy (non-hydrogen) atoms. The molecule has 0 N–H and O–H groups in total. The minimum absolute atomic E-state index is 0.220. The smallest absolute Gasteiger partial charge is 0.0127 e. The third-order valence-electron chi connectivity index (χ3n) is 1.49. The predicted octanol–water partition coefficient (Wildman–Crippen LogP) is 2.79. The molecule has 1 aliphatic heterocycles. The monoisotopic (exact) mass is 242 g/mol. The van der Waals surface area contributed by atoms with E-state index in [-0.39, 0.29) is 20.7 Å².